The molecule has 0 rings (SSSR count). The summed E-state index contributed by atoms with van der Waals surface area (Å²) in [6.45, 7) is 5.79. The first-order chi connectivity index (χ1) is 14.8. The minimum Gasteiger partial charge on any atom is -0.677 e. The molecule has 0 bridgehead atoms. The Kier molecular flexibility index (Phi) is 45.6. The van der Waals surface area contributed by atoms with Crippen molar-refractivity contribution in [2.45, 2.75) is 168 Å². The van der Waals surface area contributed by atoms with E-state index in [2.05, 4.69) is 13.8 Å². The molecular weight excluding hydrogens is 404 g/mol. The summed E-state index contributed by atoms with van der Waals surface area (Å²) in [5.41, 5.74) is 14.1. The molecule has 0 spiro atoms. The van der Waals surface area contributed by atoms with Crippen molar-refractivity contribution in [1.29, 1.82) is 0 Å². The third-order valence-corrected chi connectivity index (χ3v) is 6.06. The van der Waals surface area contributed by atoms with Crippen molar-refractivity contribution in [3.8, 4) is 0 Å². The molecule has 0 fully saturated rings. The van der Waals surface area contributed by atoms with Gasteiger partial charge in [0, 0.05) is 0 Å². The second kappa shape index (κ2) is 38.4. The van der Waals surface area contributed by atoms with Crippen LogP contribution in [-0.4, -0.2) is 50.8 Å². The first-order valence-electron chi connectivity index (χ1n) is 14.1. The average Bonchev–Trinajstić information content (AvgIpc) is 2.76. The van der Waals surface area contributed by atoms with Gasteiger partial charge in [0.1, 0.15) is 0 Å². The van der Waals surface area contributed by atoms with E-state index in [0.717, 1.165) is 12.8 Å². The van der Waals surface area contributed by atoms with Crippen LogP contribution in [0.1, 0.15) is 168 Å². The fourth-order valence-electron chi connectivity index (χ4n) is 3.93. The molecule has 0 aliphatic heterocycles. The van der Waals surface area contributed by atoms with E-state index in [0.29, 0.717) is 13.1 Å². The maximum Gasteiger partial charge on any atom is 2.00 e. The van der Waals surface area contributed by atoms with Gasteiger partial charge < -0.3 is 11.5 Å². The predicted molar refractivity (Wildman–Crippen MR) is 146 cm³/mol. The molecule has 2 N–H and O–H groups in total. The van der Waals surface area contributed by atoms with Gasteiger partial charge in [-0.1, -0.05) is 168 Å². The molecule has 0 aliphatic rings. The van der Waals surface area contributed by atoms with Gasteiger partial charge in [-0.25, -0.2) is 0 Å². The van der Waals surface area contributed by atoms with Gasteiger partial charge in [-0.15, -0.1) is 0 Å². The fraction of sp³-hybridized carbons (Fsp3) is 1.00. The smallest absolute Gasteiger partial charge is 0.677 e. The van der Waals surface area contributed by atoms with Gasteiger partial charge in [0.05, 0.1) is 0 Å². The largest absolute Gasteiger partial charge is 2.00 e. The van der Waals surface area contributed by atoms with Crippen LogP contribution in [0.4, 0.5) is 0 Å². The predicted octanol–water partition coefficient (Wildman–Crippen LogP) is 11.1. The minimum atomic E-state index is 0. The molecule has 0 unspecified atom stereocenters. The van der Waals surface area contributed by atoms with Crippen LogP contribution < -0.4 is 0 Å². The van der Waals surface area contributed by atoms with Crippen LogP contribution in [0.5, 0.6) is 0 Å². The molecule has 0 aromatic carbocycles. The van der Waals surface area contributed by atoms with Crippen LogP contribution in [0.15, 0.2) is 0 Å². The molecule has 0 aliphatic carbocycles. The topological polar surface area (TPSA) is 47.6 Å². The average molecular weight is 465 g/mol. The Hall–Kier alpha value is 1.18. The Morgan fingerprint density at radius 3 is 0.613 bits per heavy atom. The van der Waals surface area contributed by atoms with Crippen LogP contribution in [0, 0.1) is 0 Å². The number of hydrogen-bond donors (Lipinski definition) is 0. The molecule has 0 heterocycles. The van der Waals surface area contributed by atoms with Crippen molar-refractivity contribution in [2.24, 2.45) is 0 Å². The molecule has 0 amide bonds. The molecule has 0 aromatic rings. The van der Waals surface area contributed by atoms with Crippen LogP contribution in [0.2, 0.25) is 0 Å². The molecule has 0 aromatic heterocycles. The zero-order valence-electron chi connectivity index (χ0n) is 22.1. The maximum absolute atomic E-state index is 7.03. The van der Waals surface area contributed by atoms with Gasteiger partial charge in [0.2, 0.25) is 0 Å². The third kappa shape index (κ3) is 41.9. The van der Waals surface area contributed by atoms with Crippen molar-refractivity contribution < 1.29 is 0 Å². The van der Waals surface area contributed by atoms with E-state index in [1.807, 2.05) is 0 Å². The monoisotopic (exact) mass is 464 g/mol. The van der Waals surface area contributed by atoms with Gasteiger partial charge in [0.25, 0.3) is 0 Å². The first kappa shape index (κ1) is 36.7. The summed E-state index contributed by atoms with van der Waals surface area (Å²) in [6, 6.07) is 0. The molecule has 0 atom stereocenters. The Morgan fingerprint density at radius 2 is 0.452 bits per heavy atom. The van der Waals surface area contributed by atoms with Gasteiger partial charge in [0.15, 0.2) is 0 Å². The van der Waals surface area contributed by atoms with Crippen LogP contribution >= 0.6 is 0 Å². The number of rotatable bonds is 24. The third-order valence-electron chi connectivity index (χ3n) is 6.06. The normalized spacial score (nSPS) is 10.5. The van der Waals surface area contributed by atoms with E-state index in [-0.39, 0.29) is 37.7 Å². The molecule has 31 heavy (non-hydrogen) atoms. The Morgan fingerprint density at radius 1 is 0.290 bits per heavy atom. The van der Waals surface area contributed by atoms with Gasteiger partial charge in [-0.05, 0) is 0 Å². The van der Waals surface area contributed by atoms with E-state index >= 15 is 0 Å². The summed E-state index contributed by atoms with van der Waals surface area (Å²) in [6.07, 6.45) is 33.1. The zero-order chi connectivity index (χ0) is 22.4. The van der Waals surface area contributed by atoms with Crippen molar-refractivity contribution >= 4 is 37.7 Å². The maximum atomic E-state index is 7.03. The quantitative estimate of drug-likeness (QED) is 0.101. The molecule has 0 saturated heterocycles. The minimum absolute atomic E-state index is 0. The van der Waals surface area contributed by atoms with Gasteiger partial charge in [-0.2, -0.15) is 13.1 Å². The van der Waals surface area contributed by atoms with Gasteiger partial charge in [-0.3, -0.25) is 0 Å². The molecule has 184 valence electrons. The number of unbranched alkanes of at least 4 members (excludes halogenated alkanes) is 22. The summed E-state index contributed by atoms with van der Waals surface area (Å²) in [5, 5.41) is 0. The molecule has 0 radical (unpaired) electrons. The van der Waals surface area contributed by atoms with Gasteiger partial charge >= 0.3 is 37.7 Å². The second-order valence-corrected chi connectivity index (χ2v) is 9.28. The van der Waals surface area contributed by atoms with Crippen LogP contribution in [-0.2, 0) is 0 Å². The Bertz CT molecular complexity index is 211. The molecule has 0 saturated carbocycles. The van der Waals surface area contributed by atoms with E-state index in [4.69, 9.17) is 11.5 Å². The Balaban J connectivity index is -0.000000490. The second-order valence-electron chi connectivity index (χ2n) is 9.28. The molecule has 2 nitrogen and oxygen atoms in total. The number of nitrogens with one attached hydrogen (secondary N) is 2. The standard InChI is InChI=1S/2C14H30N.Ca/c2*1-2-3-4-5-6-7-8-9-10-11-12-13-14-15;/h2*15H,2-14H2,1H3;/q2*-1;+2. The van der Waals surface area contributed by atoms with Crippen LogP contribution in [0.25, 0.3) is 11.5 Å². The number of hydrogen-bond acceptors (Lipinski definition) is 0. The van der Waals surface area contributed by atoms with E-state index in [1.165, 1.54) is 141 Å². The van der Waals surface area contributed by atoms with Crippen molar-refractivity contribution in [3.63, 3.8) is 0 Å². The van der Waals surface area contributed by atoms with Crippen molar-refractivity contribution in [3.05, 3.63) is 11.5 Å². The summed E-state index contributed by atoms with van der Waals surface area (Å²) >= 11 is 0. The SMILES string of the molecule is CCCCCCCCCCCCCC[NH-].CCCCCCCCCCCCCC[NH-].[Ca+2]. The molecule has 3 heteroatoms. The summed E-state index contributed by atoms with van der Waals surface area (Å²) in [4.78, 5) is 0. The zero-order valence-corrected chi connectivity index (χ0v) is 24.3. The first-order valence-corrected chi connectivity index (χ1v) is 14.1. The Labute approximate surface area is 228 Å². The molecular formula is C28H60CaN2. The van der Waals surface area contributed by atoms with Crippen molar-refractivity contribution in [2.75, 3.05) is 13.1 Å². The van der Waals surface area contributed by atoms with Crippen LogP contribution in [0.3, 0.4) is 0 Å². The summed E-state index contributed by atoms with van der Waals surface area (Å²) < 4.78 is 0. The fourth-order valence-corrected chi connectivity index (χ4v) is 3.93. The van der Waals surface area contributed by atoms with Crippen molar-refractivity contribution in [1.82, 2.24) is 0 Å². The summed E-state index contributed by atoms with van der Waals surface area (Å²) in [5.74, 6) is 0. The van der Waals surface area contributed by atoms with E-state index in [1.54, 1.807) is 0 Å². The van der Waals surface area contributed by atoms with E-state index < -0.39 is 0 Å². The van der Waals surface area contributed by atoms with E-state index in [9.17, 15) is 0 Å². The summed E-state index contributed by atoms with van der Waals surface area (Å²) in [7, 11) is 0.